The Hall–Kier alpha value is -2.24. The Bertz CT molecular complexity index is 575. The van der Waals surface area contributed by atoms with E-state index in [1.807, 2.05) is 0 Å². The molecule has 0 bridgehead atoms. The first-order valence-corrected chi connectivity index (χ1v) is 5.27. The van der Waals surface area contributed by atoms with E-state index in [-0.39, 0.29) is 5.69 Å². The van der Waals surface area contributed by atoms with Crippen LogP contribution in [0.1, 0.15) is 18.4 Å². The zero-order chi connectivity index (χ0) is 13.3. The molecule has 2 rings (SSSR count). The third kappa shape index (κ3) is 2.37. The van der Waals surface area contributed by atoms with Crippen molar-refractivity contribution in [1.29, 1.82) is 0 Å². The predicted molar refractivity (Wildman–Crippen MR) is 61.1 cm³/mol. The average molecular weight is 251 g/mol. The molecule has 0 saturated carbocycles. The number of carbonyl (C=O) groups excluding carboxylic acids is 1. The van der Waals surface area contributed by atoms with Crippen molar-refractivity contribution in [3.05, 3.63) is 47.8 Å². The maximum atomic E-state index is 13.1. The summed E-state index contributed by atoms with van der Waals surface area (Å²) in [6, 6.07) is 3.07. The number of hydrogen-bond acceptors (Lipinski definition) is 2. The van der Waals surface area contributed by atoms with Gasteiger partial charge in [0.2, 0.25) is 5.91 Å². The molecule has 0 radical (unpaired) electrons. The van der Waals surface area contributed by atoms with E-state index in [0.29, 0.717) is 5.56 Å². The molecule has 4 nitrogen and oxygen atoms in total. The van der Waals surface area contributed by atoms with Gasteiger partial charge in [0.1, 0.15) is 11.6 Å². The number of nitrogens with two attached hydrogens (primary N) is 1. The van der Waals surface area contributed by atoms with Crippen LogP contribution >= 0.6 is 0 Å². The van der Waals surface area contributed by atoms with Crippen LogP contribution in [0.3, 0.4) is 0 Å². The molecule has 0 aliphatic rings. The van der Waals surface area contributed by atoms with Crippen LogP contribution in [0, 0.1) is 11.6 Å². The highest BCUT2D eigenvalue weighted by Crippen LogP contribution is 2.17. The van der Waals surface area contributed by atoms with Crippen molar-refractivity contribution in [3.8, 4) is 5.69 Å². The van der Waals surface area contributed by atoms with Crippen molar-refractivity contribution in [3.63, 3.8) is 0 Å². The van der Waals surface area contributed by atoms with Crippen molar-refractivity contribution in [1.82, 2.24) is 9.78 Å². The zero-order valence-electron chi connectivity index (χ0n) is 9.60. The van der Waals surface area contributed by atoms with E-state index in [2.05, 4.69) is 5.10 Å². The average Bonchev–Trinajstić information content (AvgIpc) is 2.75. The molecule has 1 aromatic heterocycles. The Morgan fingerprint density at radius 1 is 1.33 bits per heavy atom. The third-order valence-corrected chi connectivity index (χ3v) is 2.64. The molecule has 1 atom stereocenters. The summed E-state index contributed by atoms with van der Waals surface area (Å²) >= 11 is 0. The Balaban J connectivity index is 2.37. The van der Waals surface area contributed by atoms with Gasteiger partial charge in [0.25, 0.3) is 0 Å². The van der Waals surface area contributed by atoms with Crippen molar-refractivity contribution in [2.45, 2.75) is 12.8 Å². The fraction of sp³-hybridized carbons (Fsp3) is 0.167. The first-order valence-electron chi connectivity index (χ1n) is 5.27. The van der Waals surface area contributed by atoms with Gasteiger partial charge in [0.05, 0.1) is 17.8 Å². The van der Waals surface area contributed by atoms with Gasteiger partial charge in [-0.25, -0.2) is 13.5 Å². The van der Waals surface area contributed by atoms with E-state index in [1.165, 1.54) is 17.1 Å². The summed E-state index contributed by atoms with van der Waals surface area (Å²) in [5.74, 6) is -2.37. The Kier molecular flexibility index (Phi) is 3.10. The molecule has 0 saturated heterocycles. The second kappa shape index (κ2) is 4.56. The lowest BCUT2D eigenvalue weighted by Gasteiger charge is -2.03. The van der Waals surface area contributed by atoms with Crippen molar-refractivity contribution < 1.29 is 13.6 Å². The van der Waals surface area contributed by atoms with E-state index < -0.39 is 23.5 Å². The molecule has 1 aromatic carbocycles. The normalized spacial score (nSPS) is 12.4. The number of halogens is 2. The van der Waals surface area contributed by atoms with Gasteiger partial charge >= 0.3 is 0 Å². The van der Waals surface area contributed by atoms with Crippen LogP contribution in [-0.2, 0) is 4.79 Å². The Morgan fingerprint density at radius 3 is 2.50 bits per heavy atom. The predicted octanol–water partition coefficient (Wildman–Crippen LogP) is 1.74. The van der Waals surface area contributed by atoms with Crippen molar-refractivity contribution in [2.24, 2.45) is 5.73 Å². The monoisotopic (exact) mass is 251 g/mol. The largest absolute Gasteiger partial charge is 0.369 e. The van der Waals surface area contributed by atoms with Crippen LogP contribution in [-0.4, -0.2) is 15.7 Å². The maximum absolute atomic E-state index is 13.1. The minimum Gasteiger partial charge on any atom is -0.369 e. The van der Waals surface area contributed by atoms with Gasteiger partial charge in [-0.05, 0) is 19.1 Å². The standard InChI is InChI=1S/C12H11F2N3O/c1-7(12(15)18)8-5-16-17(6-8)11-3-9(13)2-10(14)4-11/h2-7H,1H3,(H2,15,18). The first kappa shape index (κ1) is 12.2. The summed E-state index contributed by atoms with van der Waals surface area (Å²) in [4.78, 5) is 11.0. The summed E-state index contributed by atoms with van der Waals surface area (Å²) in [5, 5.41) is 3.95. The second-order valence-electron chi connectivity index (χ2n) is 3.97. The SMILES string of the molecule is CC(C(N)=O)c1cnn(-c2cc(F)cc(F)c2)c1. The minimum absolute atomic E-state index is 0.246. The van der Waals surface area contributed by atoms with Crippen LogP contribution in [0.5, 0.6) is 0 Å². The van der Waals surface area contributed by atoms with Gasteiger partial charge in [-0.15, -0.1) is 0 Å². The number of rotatable bonds is 3. The molecule has 2 N–H and O–H groups in total. The molecule has 1 unspecified atom stereocenters. The molecule has 18 heavy (non-hydrogen) atoms. The lowest BCUT2D eigenvalue weighted by atomic mass is 10.1. The van der Waals surface area contributed by atoms with E-state index in [4.69, 9.17) is 5.73 Å². The summed E-state index contributed by atoms with van der Waals surface area (Å²) < 4.78 is 27.4. The van der Waals surface area contributed by atoms with E-state index in [1.54, 1.807) is 6.92 Å². The molecule has 1 amide bonds. The van der Waals surface area contributed by atoms with Crippen molar-refractivity contribution in [2.75, 3.05) is 0 Å². The lowest BCUT2D eigenvalue weighted by Crippen LogP contribution is -2.18. The van der Waals surface area contributed by atoms with E-state index in [9.17, 15) is 13.6 Å². The van der Waals surface area contributed by atoms with Crippen LogP contribution in [0.25, 0.3) is 5.69 Å². The number of carbonyl (C=O) groups is 1. The van der Waals surface area contributed by atoms with Crippen LogP contribution in [0.2, 0.25) is 0 Å². The number of amides is 1. The second-order valence-corrected chi connectivity index (χ2v) is 3.97. The van der Waals surface area contributed by atoms with Gasteiger partial charge in [-0.3, -0.25) is 4.79 Å². The topological polar surface area (TPSA) is 60.9 Å². The summed E-state index contributed by atoms with van der Waals surface area (Å²) in [6.45, 7) is 1.63. The van der Waals surface area contributed by atoms with Crippen LogP contribution in [0.15, 0.2) is 30.6 Å². The summed E-state index contributed by atoms with van der Waals surface area (Å²) in [5.41, 5.74) is 6.00. The number of primary amides is 1. The Labute approximate surface area is 102 Å². The highest BCUT2D eigenvalue weighted by atomic mass is 19.1. The molecule has 0 spiro atoms. The van der Waals surface area contributed by atoms with Crippen LogP contribution in [0.4, 0.5) is 8.78 Å². The van der Waals surface area contributed by atoms with Crippen molar-refractivity contribution >= 4 is 5.91 Å². The molecular weight excluding hydrogens is 240 g/mol. The molecule has 2 aromatic rings. The van der Waals surface area contributed by atoms with Crippen LogP contribution < -0.4 is 5.73 Å². The third-order valence-electron chi connectivity index (χ3n) is 2.64. The summed E-state index contributed by atoms with van der Waals surface area (Å²) in [7, 11) is 0. The fourth-order valence-corrected chi connectivity index (χ4v) is 1.54. The highest BCUT2D eigenvalue weighted by Gasteiger charge is 2.14. The molecule has 0 fully saturated rings. The van der Waals surface area contributed by atoms with E-state index >= 15 is 0 Å². The van der Waals surface area contributed by atoms with Gasteiger partial charge in [-0.2, -0.15) is 5.10 Å². The first-order chi connectivity index (χ1) is 8.47. The van der Waals surface area contributed by atoms with Gasteiger partial charge < -0.3 is 5.73 Å². The molecule has 0 aliphatic carbocycles. The van der Waals surface area contributed by atoms with E-state index in [0.717, 1.165) is 18.2 Å². The van der Waals surface area contributed by atoms with Gasteiger partial charge in [0, 0.05) is 17.8 Å². The number of hydrogen-bond donors (Lipinski definition) is 1. The number of aromatic nitrogens is 2. The number of nitrogens with zero attached hydrogens (tertiary/aromatic N) is 2. The maximum Gasteiger partial charge on any atom is 0.224 e. The zero-order valence-corrected chi connectivity index (χ0v) is 9.60. The molecule has 1 heterocycles. The molecular formula is C12H11F2N3O. The lowest BCUT2D eigenvalue weighted by molar-refractivity contribution is -0.119. The van der Waals surface area contributed by atoms with Gasteiger partial charge in [-0.1, -0.05) is 0 Å². The molecule has 0 aliphatic heterocycles. The van der Waals surface area contributed by atoms with Gasteiger partial charge in [0.15, 0.2) is 0 Å². The molecule has 6 heteroatoms. The molecule has 94 valence electrons. The fourth-order valence-electron chi connectivity index (χ4n) is 1.54. The smallest absolute Gasteiger partial charge is 0.224 e. The quantitative estimate of drug-likeness (QED) is 0.903. The number of benzene rings is 1. The Morgan fingerprint density at radius 2 is 1.94 bits per heavy atom. The minimum atomic E-state index is -0.690. The summed E-state index contributed by atoms with van der Waals surface area (Å²) in [6.07, 6.45) is 2.96. The highest BCUT2D eigenvalue weighted by molar-refractivity contribution is 5.81.